The van der Waals surface area contributed by atoms with Crippen molar-refractivity contribution in [1.82, 2.24) is 0 Å². The fourth-order valence-corrected chi connectivity index (χ4v) is 2.54. The van der Waals surface area contributed by atoms with Crippen molar-refractivity contribution in [3.8, 4) is 0 Å². The van der Waals surface area contributed by atoms with Gasteiger partial charge >= 0.3 is 0 Å². The molecule has 0 amide bonds. The van der Waals surface area contributed by atoms with Crippen LogP contribution in [0.25, 0.3) is 0 Å². The molecule has 0 spiro atoms. The molecule has 1 aliphatic rings. The molecule has 1 fully saturated rings. The summed E-state index contributed by atoms with van der Waals surface area (Å²) < 4.78 is 0. The lowest BCUT2D eigenvalue weighted by Crippen LogP contribution is -2.21. The van der Waals surface area contributed by atoms with Crippen LogP contribution >= 0.6 is 0 Å². The van der Waals surface area contributed by atoms with E-state index in [9.17, 15) is 0 Å². The number of rotatable bonds is 3. The van der Waals surface area contributed by atoms with Gasteiger partial charge in [-0.25, -0.2) is 0 Å². The zero-order valence-corrected chi connectivity index (χ0v) is 9.55. The van der Waals surface area contributed by atoms with E-state index in [1.807, 2.05) is 6.92 Å². The molecule has 0 nitrogen and oxygen atoms in total. The summed E-state index contributed by atoms with van der Waals surface area (Å²) in [4.78, 5) is 0. The molecule has 1 saturated carbocycles. The zero-order valence-electron chi connectivity index (χ0n) is 9.55. The number of allylic oxidation sites excluding steroid dienone is 1. The van der Waals surface area contributed by atoms with E-state index >= 15 is 0 Å². The molecule has 0 bridgehead atoms. The van der Waals surface area contributed by atoms with Crippen molar-refractivity contribution in [2.45, 2.75) is 51.2 Å². The minimum absolute atomic E-state index is 0.516. The minimum atomic E-state index is -0.516. The molecule has 74 valence electrons. The monoisotopic (exact) mass is 186 g/mol. The summed E-state index contributed by atoms with van der Waals surface area (Å²) in [7, 11) is 11.7. The molecule has 2 atom stereocenters. The van der Waals surface area contributed by atoms with Crippen LogP contribution in [-0.4, -0.2) is 15.7 Å². The Balaban J connectivity index is 2.43. The van der Waals surface area contributed by atoms with Gasteiger partial charge < -0.3 is 0 Å². The van der Waals surface area contributed by atoms with Gasteiger partial charge in [-0.2, -0.15) is 0 Å². The van der Waals surface area contributed by atoms with Crippen molar-refractivity contribution in [2.24, 2.45) is 11.8 Å². The van der Waals surface area contributed by atoms with Gasteiger partial charge in [-0.1, -0.05) is 32.4 Å². The number of hydrogen-bond acceptors (Lipinski definition) is 0. The first-order valence-corrected chi connectivity index (χ1v) is 5.63. The van der Waals surface area contributed by atoms with Crippen LogP contribution in [-0.2, 0) is 0 Å². The van der Waals surface area contributed by atoms with Gasteiger partial charge in [0.2, 0.25) is 0 Å². The van der Waals surface area contributed by atoms with Gasteiger partial charge in [-0.05, 0) is 37.5 Å². The predicted octanol–water partition coefficient (Wildman–Crippen LogP) is 3.23. The highest BCUT2D eigenvalue weighted by Gasteiger charge is 2.24. The van der Waals surface area contributed by atoms with Gasteiger partial charge in [0, 0.05) is 0 Å². The topological polar surface area (TPSA) is 0 Å². The van der Waals surface area contributed by atoms with Gasteiger partial charge in [0.05, 0.1) is 15.7 Å². The van der Waals surface area contributed by atoms with Gasteiger partial charge in [-0.15, -0.1) is 5.21 Å². The highest BCUT2D eigenvalue weighted by molar-refractivity contribution is 6.39. The molecule has 0 aromatic heterocycles. The second-order valence-electron chi connectivity index (χ2n) is 5.29. The molecular weight excluding hydrogens is 166 g/mol. The van der Waals surface area contributed by atoms with E-state index in [2.05, 4.69) is 13.5 Å². The van der Waals surface area contributed by atoms with E-state index < -0.39 is 5.21 Å². The lowest BCUT2D eigenvalue weighted by atomic mass is 9.51. The molecule has 2 heteroatoms. The molecule has 0 heterocycles. The highest BCUT2D eigenvalue weighted by atomic mass is 14.3. The van der Waals surface area contributed by atoms with E-state index in [4.69, 9.17) is 15.7 Å². The van der Waals surface area contributed by atoms with Crippen molar-refractivity contribution in [3.63, 3.8) is 0 Å². The predicted molar refractivity (Wildman–Crippen MR) is 64.8 cm³/mol. The SMILES string of the molecule is [B]C([B])(C)CC(C)C1CCCC(=C)C1. The van der Waals surface area contributed by atoms with Crippen LogP contribution < -0.4 is 0 Å². The Morgan fingerprint density at radius 3 is 2.71 bits per heavy atom. The summed E-state index contributed by atoms with van der Waals surface area (Å²) in [5.74, 6) is 1.37. The molecule has 1 aliphatic carbocycles. The van der Waals surface area contributed by atoms with E-state index in [0.29, 0.717) is 5.92 Å². The van der Waals surface area contributed by atoms with Crippen LogP contribution in [0.4, 0.5) is 0 Å². The Morgan fingerprint density at radius 2 is 2.21 bits per heavy atom. The third-order valence-electron chi connectivity index (χ3n) is 3.22. The van der Waals surface area contributed by atoms with E-state index in [-0.39, 0.29) is 0 Å². The van der Waals surface area contributed by atoms with Crippen molar-refractivity contribution in [3.05, 3.63) is 12.2 Å². The maximum atomic E-state index is 5.83. The zero-order chi connectivity index (χ0) is 10.8. The summed E-state index contributed by atoms with van der Waals surface area (Å²) >= 11 is 0. The lowest BCUT2D eigenvalue weighted by molar-refractivity contribution is 0.279. The summed E-state index contributed by atoms with van der Waals surface area (Å²) in [5.41, 5.74) is 1.41. The first-order valence-electron chi connectivity index (χ1n) is 5.63. The Hall–Kier alpha value is -0.130. The molecule has 2 unspecified atom stereocenters. The number of hydrogen-bond donors (Lipinski definition) is 0. The van der Waals surface area contributed by atoms with E-state index in [0.717, 1.165) is 12.3 Å². The third-order valence-corrected chi connectivity index (χ3v) is 3.22. The van der Waals surface area contributed by atoms with Crippen LogP contribution in [0, 0.1) is 11.8 Å². The molecular formula is C12H20B2. The highest BCUT2D eigenvalue weighted by Crippen LogP contribution is 2.38. The Labute approximate surface area is 91.4 Å². The minimum Gasteiger partial charge on any atom is -0.101 e. The normalized spacial score (nSPS) is 26.1. The summed E-state index contributed by atoms with van der Waals surface area (Å²) in [6, 6.07) is 0. The molecule has 1 rings (SSSR count). The van der Waals surface area contributed by atoms with Crippen LogP contribution in [0.2, 0.25) is 5.21 Å². The Morgan fingerprint density at radius 1 is 1.57 bits per heavy atom. The third kappa shape index (κ3) is 3.94. The van der Waals surface area contributed by atoms with Gasteiger partial charge in [0.15, 0.2) is 0 Å². The molecule has 0 saturated heterocycles. The maximum Gasteiger partial charge on any atom is 0.0617 e. The lowest BCUT2D eigenvalue weighted by Gasteiger charge is -2.33. The van der Waals surface area contributed by atoms with E-state index in [1.54, 1.807) is 0 Å². The van der Waals surface area contributed by atoms with Crippen LogP contribution in [0.5, 0.6) is 0 Å². The first kappa shape index (κ1) is 11.9. The maximum absolute atomic E-state index is 5.83. The van der Waals surface area contributed by atoms with Crippen molar-refractivity contribution in [1.29, 1.82) is 0 Å². The summed E-state index contributed by atoms with van der Waals surface area (Å²) in [6.45, 7) is 8.25. The molecule has 0 aromatic carbocycles. The summed E-state index contributed by atoms with van der Waals surface area (Å²) in [6.07, 6.45) is 5.91. The fourth-order valence-electron chi connectivity index (χ4n) is 2.54. The smallest absolute Gasteiger partial charge is 0.0617 e. The van der Waals surface area contributed by atoms with E-state index in [1.165, 1.54) is 31.3 Å². The van der Waals surface area contributed by atoms with Crippen LogP contribution in [0.1, 0.15) is 46.0 Å². The average Bonchev–Trinajstić information content (AvgIpc) is 2.01. The standard InChI is InChI=1S/C12H20B2/c1-9-5-4-6-11(7-9)10(2)8-12(3,13)14/h10-11H,1,4-8H2,2-3H3. The second kappa shape index (κ2) is 4.59. The first-order chi connectivity index (χ1) is 6.38. The molecule has 0 N–H and O–H groups in total. The van der Waals surface area contributed by atoms with Gasteiger partial charge in [-0.3, -0.25) is 0 Å². The van der Waals surface area contributed by atoms with Crippen molar-refractivity contribution in [2.75, 3.05) is 0 Å². The van der Waals surface area contributed by atoms with Gasteiger partial charge in [0.1, 0.15) is 0 Å². The van der Waals surface area contributed by atoms with Crippen molar-refractivity contribution < 1.29 is 0 Å². The quantitative estimate of drug-likeness (QED) is 0.468. The average molecular weight is 186 g/mol. The molecule has 0 aromatic rings. The Bertz CT molecular complexity index is 203. The molecule has 4 radical (unpaired) electrons. The molecule has 0 aliphatic heterocycles. The van der Waals surface area contributed by atoms with Crippen LogP contribution in [0.15, 0.2) is 12.2 Å². The largest absolute Gasteiger partial charge is 0.101 e. The molecule has 14 heavy (non-hydrogen) atoms. The summed E-state index contributed by atoms with van der Waals surface area (Å²) in [5, 5.41) is -0.516. The Kier molecular flexibility index (Phi) is 3.92. The van der Waals surface area contributed by atoms with Crippen LogP contribution in [0.3, 0.4) is 0 Å². The fraction of sp³-hybridized carbons (Fsp3) is 0.833. The van der Waals surface area contributed by atoms with Gasteiger partial charge in [0.25, 0.3) is 0 Å². The van der Waals surface area contributed by atoms with Crippen molar-refractivity contribution >= 4 is 15.7 Å². The second-order valence-corrected chi connectivity index (χ2v) is 5.29.